The number of carbonyl (C=O) groups excluding carboxylic acids is 3. The summed E-state index contributed by atoms with van der Waals surface area (Å²) in [5.74, 6) is -0.356. The van der Waals surface area contributed by atoms with E-state index in [2.05, 4.69) is 21.2 Å². The maximum Gasteiger partial charge on any atom is 0.294 e. The van der Waals surface area contributed by atoms with Gasteiger partial charge >= 0.3 is 0 Å². The van der Waals surface area contributed by atoms with E-state index >= 15 is 0 Å². The normalized spacial score (nSPS) is 14.4. The zero-order chi connectivity index (χ0) is 23.3. The van der Waals surface area contributed by atoms with Crippen molar-refractivity contribution in [3.8, 4) is 17.6 Å². The average molecular weight is 537 g/mol. The first kappa shape index (κ1) is 23.7. The molecule has 0 unspecified atom stereocenters. The lowest BCUT2D eigenvalue weighted by molar-refractivity contribution is -0.127. The second-order valence-electron chi connectivity index (χ2n) is 6.30. The van der Waals surface area contributed by atoms with E-state index in [1.165, 1.54) is 13.2 Å². The van der Waals surface area contributed by atoms with Gasteiger partial charge in [-0.25, -0.2) is 0 Å². The van der Waals surface area contributed by atoms with Crippen LogP contribution in [0.15, 0.2) is 45.8 Å². The standard InChI is InChI=1S/C21H15BrClN3O5S/c1-30-17-8-12(2-5-16(17)31-7-6-24)9-18-20(28)26(21(29)32-18)11-19(27)25-13-3-4-14(22)15(23)10-13/h2-5,8-10H,7,11H2,1H3,(H,25,27)/b18-9-. The third-order valence-electron chi connectivity index (χ3n) is 4.16. The quantitative estimate of drug-likeness (QED) is 0.511. The summed E-state index contributed by atoms with van der Waals surface area (Å²) < 4.78 is 11.2. The molecule has 0 spiro atoms. The van der Waals surface area contributed by atoms with E-state index in [4.69, 9.17) is 26.3 Å². The Hall–Kier alpha value is -3.00. The molecule has 2 aromatic carbocycles. The Morgan fingerprint density at radius 3 is 2.75 bits per heavy atom. The highest BCUT2D eigenvalue weighted by molar-refractivity contribution is 9.10. The van der Waals surface area contributed by atoms with E-state index in [0.29, 0.717) is 32.2 Å². The van der Waals surface area contributed by atoms with Gasteiger partial charge in [0.05, 0.1) is 17.0 Å². The van der Waals surface area contributed by atoms with Gasteiger partial charge in [-0.3, -0.25) is 19.3 Å². The van der Waals surface area contributed by atoms with Gasteiger partial charge in [-0.15, -0.1) is 0 Å². The minimum atomic E-state index is -0.576. The van der Waals surface area contributed by atoms with Crippen LogP contribution in [-0.4, -0.2) is 42.2 Å². The zero-order valence-corrected chi connectivity index (χ0v) is 19.7. The lowest BCUT2D eigenvalue weighted by atomic mass is 10.2. The van der Waals surface area contributed by atoms with Crippen LogP contribution in [-0.2, 0) is 9.59 Å². The maximum atomic E-state index is 12.7. The monoisotopic (exact) mass is 535 g/mol. The number of halogens is 2. The van der Waals surface area contributed by atoms with Crippen molar-refractivity contribution in [1.29, 1.82) is 5.26 Å². The first-order valence-corrected chi connectivity index (χ1v) is 11.0. The molecule has 0 saturated carbocycles. The predicted molar refractivity (Wildman–Crippen MR) is 125 cm³/mol. The van der Waals surface area contributed by atoms with Crippen molar-refractivity contribution in [2.75, 3.05) is 25.6 Å². The van der Waals surface area contributed by atoms with E-state index in [1.807, 2.05) is 6.07 Å². The van der Waals surface area contributed by atoms with Crippen molar-refractivity contribution in [2.45, 2.75) is 0 Å². The second kappa shape index (κ2) is 10.5. The van der Waals surface area contributed by atoms with Crippen molar-refractivity contribution >= 4 is 68.1 Å². The number of ether oxygens (including phenoxy) is 2. The van der Waals surface area contributed by atoms with Crippen LogP contribution in [0.1, 0.15) is 5.56 Å². The molecule has 0 aliphatic carbocycles. The molecule has 0 bridgehead atoms. The Bertz CT molecular complexity index is 1160. The van der Waals surface area contributed by atoms with Crippen LogP contribution in [0.5, 0.6) is 11.5 Å². The molecule has 8 nitrogen and oxygen atoms in total. The van der Waals surface area contributed by atoms with Crippen LogP contribution in [0, 0.1) is 11.3 Å². The number of imide groups is 1. The Morgan fingerprint density at radius 2 is 2.06 bits per heavy atom. The minimum Gasteiger partial charge on any atom is -0.493 e. The molecule has 1 fully saturated rings. The molecular formula is C21H15BrClN3O5S. The lowest BCUT2D eigenvalue weighted by Crippen LogP contribution is -2.36. The fourth-order valence-corrected chi connectivity index (χ4v) is 3.97. The summed E-state index contributed by atoms with van der Waals surface area (Å²) in [6.45, 7) is -0.566. The SMILES string of the molecule is COc1cc(/C=C2\SC(=O)N(CC(=O)Nc3ccc(Br)c(Cl)c3)C2=O)ccc1OCC#N. The number of nitrogens with zero attached hydrogens (tertiary/aromatic N) is 2. The fourth-order valence-electron chi connectivity index (χ4n) is 2.71. The largest absolute Gasteiger partial charge is 0.493 e. The highest BCUT2D eigenvalue weighted by atomic mass is 79.9. The number of methoxy groups -OCH3 is 1. The molecule has 3 rings (SSSR count). The lowest BCUT2D eigenvalue weighted by Gasteiger charge is -2.13. The third kappa shape index (κ3) is 5.62. The summed E-state index contributed by atoms with van der Waals surface area (Å²) in [4.78, 5) is 38.4. The molecule has 1 aliphatic rings. The first-order valence-electron chi connectivity index (χ1n) is 9.00. The van der Waals surface area contributed by atoms with Crippen LogP contribution in [0.3, 0.4) is 0 Å². The predicted octanol–water partition coefficient (Wildman–Crippen LogP) is 4.69. The minimum absolute atomic E-state index is 0.136. The highest BCUT2D eigenvalue weighted by Crippen LogP contribution is 2.34. The summed E-state index contributed by atoms with van der Waals surface area (Å²) in [7, 11) is 1.45. The molecule has 1 saturated heterocycles. The number of rotatable bonds is 7. The summed E-state index contributed by atoms with van der Waals surface area (Å²) in [6.07, 6.45) is 1.52. The van der Waals surface area contributed by atoms with E-state index in [1.54, 1.807) is 36.4 Å². The summed E-state index contributed by atoms with van der Waals surface area (Å²) in [6, 6.07) is 11.6. The van der Waals surface area contributed by atoms with Crippen molar-refractivity contribution in [3.05, 3.63) is 56.4 Å². The molecule has 0 radical (unpaired) electrons. The molecule has 11 heteroatoms. The fraction of sp³-hybridized carbons (Fsp3) is 0.143. The van der Waals surface area contributed by atoms with E-state index < -0.39 is 23.6 Å². The molecule has 0 atom stereocenters. The number of nitriles is 1. The van der Waals surface area contributed by atoms with Crippen LogP contribution in [0.4, 0.5) is 10.5 Å². The Balaban J connectivity index is 1.71. The van der Waals surface area contributed by atoms with E-state index in [0.717, 1.165) is 16.7 Å². The number of benzene rings is 2. The summed E-state index contributed by atoms with van der Waals surface area (Å²) in [5, 5.41) is 11.1. The number of anilines is 1. The van der Waals surface area contributed by atoms with Gasteiger partial charge in [-0.1, -0.05) is 17.7 Å². The van der Waals surface area contributed by atoms with Crippen molar-refractivity contribution in [3.63, 3.8) is 0 Å². The van der Waals surface area contributed by atoms with Crippen molar-refractivity contribution in [1.82, 2.24) is 4.90 Å². The topological polar surface area (TPSA) is 109 Å². The molecule has 1 heterocycles. The highest BCUT2D eigenvalue weighted by Gasteiger charge is 2.36. The van der Waals surface area contributed by atoms with E-state index in [-0.39, 0.29) is 11.5 Å². The second-order valence-corrected chi connectivity index (χ2v) is 8.56. The molecular weight excluding hydrogens is 522 g/mol. The number of nitrogens with one attached hydrogen (secondary N) is 1. The molecule has 164 valence electrons. The van der Waals surface area contributed by atoms with Crippen LogP contribution < -0.4 is 14.8 Å². The molecule has 3 amide bonds. The summed E-state index contributed by atoms with van der Waals surface area (Å²) in [5.41, 5.74) is 1.03. The number of carbonyl (C=O) groups is 3. The van der Waals surface area contributed by atoms with Gasteiger partial charge in [-0.2, -0.15) is 5.26 Å². The van der Waals surface area contributed by atoms with Gasteiger partial charge in [-0.05, 0) is 69.7 Å². The number of thioether (sulfide) groups is 1. The van der Waals surface area contributed by atoms with Crippen molar-refractivity contribution < 1.29 is 23.9 Å². The van der Waals surface area contributed by atoms with Gasteiger partial charge in [0.15, 0.2) is 18.1 Å². The van der Waals surface area contributed by atoms with Gasteiger partial charge in [0, 0.05) is 10.2 Å². The molecule has 0 aromatic heterocycles. The number of amides is 3. The Morgan fingerprint density at radius 1 is 1.28 bits per heavy atom. The third-order valence-corrected chi connectivity index (χ3v) is 6.30. The average Bonchev–Trinajstić information content (AvgIpc) is 3.02. The number of hydrogen-bond donors (Lipinski definition) is 1. The summed E-state index contributed by atoms with van der Waals surface area (Å²) >= 11 is 10.0. The molecule has 1 aliphatic heterocycles. The number of hydrogen-bond acceptors (Lipinski definition) is 7. The molecule has 1 N–H and O–H groups in total. The first-order chi connectivity index (χ1) is 15.3. The van der Waals surface area contributed by atoms with E-state index in [9.17, 15) is 14.4 Å². The van der Waals surface area contributed by atoms with Crippen LogP contribution >= 0.6 is 39.3 Å². The zero-order valence-electron chi connectivity index (χ0n) is 16.6. The molecule has 2 aromatic rings. The Kier molecular flexibility index (Phi) is 7.80. The van der Waals surface area contributed by atoms with Gasteiger partial charge in [0.25, 0.3) is 11.1 Å². The Labute approximate surface area is 201 Å². The maximum absolute atomic E-state index is 12.7. The van der Waals surface area contributed by atoms with Crippen molar-refractivity contribution in [2.24, 2.45) is 0 Å². The van der Waals surface area contributed by atoms with Gasteiger partial charge in [0.1, 0.15) is 12.6 Å². The van der Waals surface area contributed by atoms with Crippen LogP contribution in [0.2, 0.25) is 5.02 Å². The van der Waals surface area contributed by atoms with Gasteiger partial charge in [0.2, 0.25) is 5.91 Å². The smallest absolute Gasteiger partial charge is 0.294 e. The van der Waals surface area contributed by atoms with Crippen LogP contribution in [0.25, 0.3) is 6.08 Å². The van der Waals surface area contributed by atoms with Gasteiger partial charge < -0.3 is 14.8 Å². The molecule has 32 heavy (non-hydrogen) atoms.